The summed E-state index contributed by atoms with van der Waals surface area (Å²) >= 11 is 0. The number of carbonyl (C=O) groups excluding carboxylic acids is 1. The van der Waals surface area contributed by atoms with Crippen molar-refractivity contribution >= 4 is 5.91 Å². The van der Waals surface area contributed by atoms with Crippen LogP contribution in [0.3, 0.4) is 0 Å². The molecule has 0 aromatic heterocycles. The Bertz CT molecular complexity index is 495. The van der Waals surface area contributed by atoms with E-state index in [-0.39, 0.29) is 23.9 Å². The van der Waals surface area contributed by atoms with Gasteiger partial charge in [0.25, 0.3) is 0 Å². The van der Waals surface area contributed by atoms with Gasteiger partial charge in [0.2, 0.25) is 5.91 Å². The summed E-state index contributed by atoms with van der Waals surface area (Å²) in [5.41, 5.74) is 7.51. The predicted octanol–water partition coefficient (Wildman–Crippen LogP) is 2.25. The second-order valence-corrected chi connectivity index (χ2v) is 5.58. The Morgan fingerprint density at radius 2 is 1.90 bits per heavy atom. The van der Waals surface area contributed by atoms with Crippen LogP contribution < -0.4 is 11.1 Å². The highest BCUT2D eigenvalue weighted by Gasteiger charge is 2.25. The van der Waals surface area contributed by atoms with Gasteiger partial charge in [-0.3, -0.25) is 4.79 Å². The second-order valence-electron chi connectivity index (χ2n) is 5.58. The molecule has 20 heavy (non-hydrogen) atoms. The molecule has 0 spiro atoms. The van der Waals surface area contributed by atoms with E-state index in [2.05, 4.69) is 11.4 Å². The van der Waals surface area contributed by atoms with Crippen LogP contribution in [0, 0.1) is 17.2 Å². The monoisotopic (exact) mass is 271 g/mol. The van der Waals surface area contributed by atoms with Gasteiger partial charge in [-0.05, 0) is 50.3 Å². The van der Waals surface area contributed by atoms with Gasteiger partial charge in [-0.2, -0.15) is 5.26 Å². The van der Waals surface area contributed by atoms with Crippen LogP contribution in [0.4, 0.5) is 0 Å². The fraction of sp³-hybridized carbons (Fsp3) is 0.500. The molecule has 106 valence electrons. The summed E-state index contributed by atoms with van der Waals surface area (Å²) in [5.74, 6) is 0.212. The highest BCUT2D eigenvalue weighted by atomic mass is 16.1. The van der Waals surface area contributed by atoms with Crippen LogP contribution in [0.1, 0.15) is 49.8 Å². The number of nitriles is 1. The molecule has 1 aromatic rings. The number of hydrogen-bond acceptors (Lipinski definition) is 3. The summed E-state index contributed by atoms with van der Waals surface area (Å²) in [5, 5.41) is 11.8. The molecule has 3 N–H and O–H groups in total. The Hall–Kier alpha value is -1.86. The number of nitrogens with one attached hydrogen (secondary N) is 1. The molecular weight excluding hydrogens is 250 g/mol. The quantitative estimate of drug-likeness (QED) is 0.885. The van der Waals surface area contributed by atoms with E-state index in [0.717, 1.165) is 31.2 Å². The first-order valence-corrected chi connectivity index (χ1v) is 7.16. The van der Waals surface area contributed by atoms with E-state index in [4.69, 9.17) is 11.0 Å². The molecular formula is C16H21N3O. The third kappa shape index (κ3) is 3.58. The molecule has 1 saturated carbocycles. The Kier molecular flexibility index (Phi) is 4.75. The van der Waals surface area contributed by atoms with Crippen molar-refractivity contribution in [3.05, 3.63) is 35.4 Å². The molecule has 1 aliphatic carbocycles. The van der Waals surface area contributed by atoms with Crippen molar-refractivity contribution in [2.24, 2.45) is 11.7 Å². The van der Waals surface area contributed by atoms with Gasteiger partial charge < -0.3 is 11.1 Å². The standard InChI is InChI=1S/C16H21N3O/c1-11(13-4-2-12(10-17)3-5-13)19-16(20)14-6-8-15(18)9-7-14/h2-5,11,14-15H,6-9,18H2,1H3,(H,19,20). The molecule has 0 radical (unpaired) electrons. The fourth-order valence-corrected chi connectivity index (χ4v) is 2.64. The molecule has 0 bridgehead atoms. The summed E-state index contributed by atoms with van der Waals surface area (Å²) in [6.45, 7) is 1.97. The molecule has 1 unspecified atom stereocenters. The first-order chi connectivity index (χ1) is 9.60. The number of carbonyl (C=O) groups is 1. The minimum atomic E-state index is -0.0363. The molecule has 1 aromatic carbocycles. The lowest BCUT2D eigenvalue weighted by Crippen LogP contribution is -2.37. The predicted molar refractivity (Wildman–Crippen MR) is 77.6 cm³/mol. The summed E-state index contributed by atoms with van der Waals surface area (Å²) in [6, 6.07) is 9.64. The third-order valence-corrected chi connectivity index (χ3v) is 4.04. The number of rotatable bonds is 3. The van der Waals surface area contributed by atoms with E-state index in [1.807, 2.05) is 19.1 Å². The van der Waals surface area contributed by atoms with Crippen molar-refractivity contribution in [1.29, 1.82) is 5.26 Å². The average molecular weight is 271 g/mol. The molecule has 1 atom stereocenters. The van der Waals surface area contributed by atoms with Crippen molar-refractivity contribution in [2.45, 2.75) is 44.7 Å². The van der Waals surface area contributed by atoms with E-state index in [9.17, 15) is 4.79 Å². The van der Waals surface area contributed by atoms with Crippen LogP contribution >= 0.6 is 0 Å². The zero-order chi connectivity index (χ0) is 14.5. The Labute approximate surface area is 120 Å². The maximum absolute atomic E-state index is 12.2. The molecule has 1 fully saturated rings. The molecule has 0 heterocycles. The van der Waals surface area contributed by atoms with Crippen LogP contribution in [0.25, 0.3) is 0 Å². The Balaban J connectivity index is 1.91. The van der Waals surface area contributed by atoms with Crippen LogP contribution in [0.15, 0.2) is 24.3 Å². The van der Waals surface area contributed by atoms with Gasteiger partial charge in [-0.1, -0.05) is 12.1 Å². The van der Waals surface area contributed by atoms with Gasteiger partial charge in [0.05, 0.1) is 17.7 Å². The maximum atomic E-state index is 12.2. The maximum Gasteiger partial charge on any atom is 0.223 e. The minimum absolute atomic E-state index is 0.0363. The van der Waals surface area contributed by atoms with Gasteiger partial charge in [-0.25, -0.2) is 0 Å². The van der Waals surface area contributed by atoms with Gasteiger partial charge in [-0.15, -0.1) is 0 Å². The molecule has 2 rings (SSSR count). The van der Waals surface area contributed by atoms with Crippen molar-refractivity contribution in [3.63, 3.8) is 0 Å². The third-order valence-electron chi connectivity index (χ3n) is 4.04. The minimum Gasteiger partial charge on any atom is -0.349 e. The summed E-state index contributed by atoms with van der Waals surface area (Å²) in [4.78, 5) is 12.2. The first-order valence-electron chi connectivity index (χ1n) is 7.16. The van der Waals surface area contributed by atoms with Crippen LogP contribution in [0.5, 0.6) is 0 Å². The SMILES string of the molecule is CC(NC(=O)C1CCC(N)CC1)c1ccc(C#N)cc1. The highest BCUT2D eigenvalue weighted by molar-refractivity contribution is 5.79. The number of benzene rings is 1. The summed E-state index contributed by atoms with van der Waals surface area (Å²) in [6.07, 6.45) is 3.63. The number of nitrogens with zero attached hydrogens (tertiary/aromatic N) is 1. The second kappa shape index (κ2) is 6.53. The van der Waals surface area contributed by atoms with Gasteiger partial charge in [0.1, 0.15) is 0 Å². The smallest absolute Gasteiger partial charge is 0.223 e. The molecule has 1 amide bonds. The largest absolute Gasteiger partial charge is 0.349 e. The fourth-order valence-electron chi connectivity index (χ4n) is 2.64. The van der Waals surface area contributed by atoms with E-state index in [1.54, 1.807) is 12.1 Å². The Morgan fingerprint density at radius 3 is 2.45 bits per heavy atom. The van der Waals surface area contributed by atoms with Gasteiger partial charge >= 0.3 is 0 Å². The van der Waals surface area contributed by atoms with Crippen LogP contribution in [-0.2, 0) is 4.79 Å². The Morgan fingerprint density at radius 1 is 1.30 bits per heavy atom. The van der Waals surface area contributed by atoms with E-state index < -0.39 is 0 Å². The van der Waals surface area contributed by atoms with Crippen molar-refractivity contribution in [3.8, 4) is 6.07 Å². The number of amides is 1. The highest BCUT2D eigenvalue weighted by Crippen LogP contribution is 2.24. The molecule has 0 saturated heterocycles. The topological polar surface area (TPSA) is 78.9 Å². The zero-order valence-corrected chi connectivity index (χ0v) is 11.8. The van der Waals surface area contributed by atoms with Gasteiger partial charge in [0.15, 0.2) is 0 Å². The summed E-state index contributed by atoms with van der Waals surface area (Å²) < 4.78 is 0. The van der Waals surface area contributed by atoms with Gasteiger partial charge in [0, 0.05) is 12.0 Å². The van der Waals surface area contributed by atoms with Crippen LogP contribution in [0.2, 0.25) is 0 Å². The molecule has 1 aliphatic rings. The first kappa shape index (κ1) is 14.5. The van der Waals surface area contributed by atoms with E-state index in [0.29, 0.717) is 5.56 Å². The van der Waals surface area contributed by atoms with Crippen molar-refractivity contribution in [2.75, 3.05) is 0 Å². The van der Waals surface area contributed by atoms with E-state index >= 15 is 0 Å². The average Bonchev–Trinajstić information content (AvgIpc) is 2.48. The zero-order valence-electron chi connectivity index (χ0n) is 11.8. The molecule has 4 heteroatoms. The number of hydrogen-bond donors (Lipinski definition) is 2. The normalized spacial score (nSPS) is 23.6. The molecule has 4 nitrogen and oxygen atoms in total. The number of nitrogens with two attached hydrogens (primary N) is 1. The van der Waals surface area contributed by atoms with Crippen LogP contribution in [-0.4, -0.2) is 11.9 Å². The van der Waals surface area contributed by atoms with Crippen molar-refractivity contribution < 1.29 is 4.79 Å². The van der Waals surface area contributed by atoms with E-state index in [1.165, 1.54) is 0 Å². The lowest BCUT2D eigenvalue weighted by molar-refractivity contribution is -0.126. The van der Waals surface area contributed by atoms with Crippen molar-refractivity contribution in [1.82, 2.24) is 5.32 Å². The lowest BCUT2D eigenvalue weighted by atomic mass is 9.85. The molecule has 0 aliphatic heterocycles. The lowest BCUT2D eigenvalue weighted by Gasteiger charge is -2.26. The summed E-state index contributed by atoms with van der Waals surface area (Å²) in [7, 11) is 0.